The molecule has 0 aliphatic carbocycles. The third kappa shape index (κ3) is 2.53. The zero-order valence-electron chi connectivity index (χ0n) is 8.62. The molecule has 1 aromatic rings. The number of hydrogen-bond donors (Lipinski definition) is 1. The first-order valence-electron chi connectivity index (χ1n) is 4.52. The Morgan fingerprint density at radius 3 is 2.50 bits per heavy atom. The quantitative estimate of drug-likeness (QED) is 0.806. The van der Waals surface area contributed by atoms with Crippen molar-refractivity contribution in [2.24, 2.45) is 0 Å². The second kappa shape index (κ2) is 4.53. The van der Waals surface area contributed by atoms with E-state index < -0.39 is 6.10 Å². The van der Waals surface area contributed by atoms with Crippen molar-refractivity contribution in [2.75, 3.05) is 7.11 Å². The van der Waals surface area contributed by atoms with Crippen molar-refractivity contribution in [3.63, 3.8) is 0 Å². The summed E-state index contributed by atoms with van der Waals surface area (Å²) in [7, 11) is 1.51. The van der Waals surface area contributed by atoms with Gasteiger partial charge < -0.3 is 9.84 Å². The van der Waals surface area contributed by atoms with Gasteiger partial charge in [-0.15, -0.1) is 0 Å². The predicted octanol–water partition coefficient (Wildman–Crippen LogP) is 2.20. The molecule has 2 unspecified atom stereocenters. The number of halogens is 1. The van der Waals surface area contributed by atoms with Gasteiger partial charge in [0, 0.05) is 7.11 Å². The summed E-state index contributed by atoms with van der Waals surface area (Å²) in [6, 6.07) is 4.50. The van der Waals surface area contributed by atoms with E-state index in [0.717, 1.165) is 5.56 Å². The Morgan fingerprint density at radius 2 is 2.00 bits per heavy atom. The molecule has 0 heterocycles. The maximum atomic E-state index is 13.0. The average molecular weight is 198 g/mol. The highest BCUT2D eigenvalue weighted by molar-refractivity contribution is 5.25. The second-order valence-electron chi connectivity index (χ2n) is 3.45. The molecule has 0 spiro atoms. The molecule has 0 aliphatic heterocycles. The van der Waals surface area contributed by atoms with Crippen molar-refractivity contribution in [3.05, 3.63) is 35.1 Å². The fourth-order valence-electron chi connectivity index (χ4n) is 1.34. The monoisotopic (exact) mass is 198 g/mol. The molecule has 0 aromatic heterocycles. The molecular weight excluding hydrogens is 183 g/mol. The molecule has 0 bridgehead atoms. The van der Waals surface area contributed by atoms with Gasteiger partial charge >= 0.3 is 0 Å². The Hall–Kier alpha value is -0.930. The van der Waals surface area contributed by atoms with E-state index in [0.29, 0.717) is 5.56 Å². The number of methoxy groups -OCH3 is 1. The Bertz CT molecular complexity index is 292. The smallest absolute Gasteiger partial charge is 0.123 e. The van der Waals surface area contributed by atoms with Gasteiger partial charge in [-0.3, -0.25) is 0 Å². The minimum atomic E-state index is -0.783. The molecule has 14 heavy (non-hydrogen) atoms. The molecule has 1 N–H and O–H groups in total. The van der Waals surface area contributed by atoms with Crippen LogP contribution >= 0.6 is 0 Å². The van der Waals surface area contributed by atoms with E-state index in [4.69, 9.17) is 4.74 Å². The Labute approximate surface area is 83.3 Å². The van der Waals surface area contributed by atoms with Gasteiger partial charge in [-0.1, -0.05) is 6.07 Å². The summed E-state index contributed by atoms with van der Waals surface area (Å²) in [6.07, 6.45) is -1.12. The van der Waals surface area contributed by atoms with Crippen LogP contribution in [-0.4, -0.2) is 18.3 Å². The molecule has 0 amide bonds. The van der Waals surface area contributed by atoms with Crippen LogP contribution in [0.2, 0.25) is 0 Å². The van der Waals surface area contributed by atoms with Gasteiger partial charge in [0.15, 0.2) is 0 Å². The lowest BCUT2D eigenvalue weighted by atomic mass is 10.0. The van der Waals surface area contributed by atoms with Crippen LogP contribution in [0.1, 0.15) is 24.2 Å². The molecule has 0 saturated carbocycles. The molecular formula is C11H15FO2. The highest BCUT2D eigenvalue weighted by Crippen LogP contribution is 2.20. The third-order valence-electron chi connectivity index (χ3n) is 2.22. The molecule has 1 aromatic carbocycles. The van der Waals surface area contributed by atoms with Crippen molar-refractivity contribution in [1.29, 1.82) is 0 Å². The Kier molecular flexibility index (Phi) is 3.61. The van der Waals surface area contributed by atoms with E-state index in [1.54, 1.807) is 19.9 Å². The topological polar surface area (TPSA) is 29.5 Å². The van der Waals surface area contributed by atoms with Crippen molar-refractivity contribution in [2.45, 2.75) is 26.1 Å². The van der Waals surface area contributed by atoms with Gasteiger partial charge in [-0.05, 0) is 37.1 Å². The van der Waals surface area contributed by atoms with Gasteiger partial charge in [0.25, 0.3) is 0 Å². The van der Waals surface area contributed by atoms with Crippen molar-refractivity contribution in [1.82, 2.24) is 0 Å². The van der Waals surface area contributed by atoms with Gasteiger partial charge in [0.1, 0.15) is 11.9 Å². The number of ether oxygens (including phenoxy) is 1. The van der Waals surface area contributed by atoms with Crippen LogP contribution in [0.15, 0.2) is 18.2 Å². The fourth-order valence-corrected chi connectivity index (χ4v) is 1.34. The SMILES string of the molecule is COC(C)C(O)c1cc(C)cc(F)c1. The molecule has 0 radical (unpaired) electrons. The van der Waals surface area contributed by atoms with E-state index in [1.807, 2.05) is 0 Å². The first-order chi connectivity index (χ1) is 6.54. The normalized spacial score (nSPS) is 15.2. The summed E-state index contributed by atoms with van der Waals surface area (Å²) in [6.45, 7) is 3.53. The first kappa shape index (κ1) is 11.1. The highest BCUT2D eigenvalue weighted by Gasteiger charge is 2.16. The first-order valence-corrected chi connectivity index (χ1v) is 4.52. The molecule has 0 saturated heterocycles. The van der Waals surface area contributed by atoms with Crippen molar-refractivity contribution in [3.8, 4) is 0 Å². The van der Waals surface area contributed by atoms with Gasteiger partial charge in [-0.25, -0.2) is 4.39 Å². The number of rotatable bonds is 3. The van der Waals surface area contributed by atoms with Crippen LogP contribution in [0, 0.1) is 12.7 Å². The molecule has 78 valence electrons. The minimum absolute atomic E-state index is 0.331. The number of hydrogen-bond acceptors (Lipinski definition) is 2. The maximum Gasteiger partial charge on any atom is 0.123 e. The summed E-state index contributed by atoms with van der Waals surface area (Å²) in [5.41, 5.74) is 1.35. The van der Waals surface area contributed by atoms with Crippen LogP contribution < -0.4 is 0 Å². The standard InChI is InChI=1S/C11H15FO2/c1-7-4-9(6-10(12)5-7)11(13)8(2)14-3/h4-6,8,11,13H,1-3H3. The number of aliphatic hydroxyl groups excluding tert-OH is 1. The van der Waals surface area contributed by atoms with Crippen molar-refractivity contribution < 1.29 is 14.2 Å². The molecule has 0 fully saturated rings. The van der Waals surface area contributed by atoms with Crippen LogP contribution in [-0.2, 0) is 4.74 Å². The fraction of sp³-hybridized carbons (Fsp3) is 0.455. The van der Waals surface area contributed by atoms with E-state index in [9.17, 15) is 9.50 Å². The molecule has 2 nitrogen and oxygen atoms in total. The van der Waals surface area contributed by atoms with Crippen LogP contribution in [0.4, 0.5) is 4.39 Å². The van der Waals surface area contributed by atoms with Gasteiger partial charge in [0.05, 0.1) is 6.10 Å². The highest BCUT2D eigenvalue weighted by atomic mass is 19.1. The number of aryl methyl sites for hydroxylation is 1. The lowest BCUT2D eigenvalue weighted by Crippen LogP contribution is -2.17. The van der Waals surface area contributed by atoms with Crippen LogP contribution in [0.5, 0.6) is 0 Å². The minimum Gasteiger partial charge on any atom is -0.386 e. The van der Waals surface area contributed by atoms with Gasteiger partial charge in [-0.2, -0.15) is 0 Å². The molecule has 2 atom stereocenters. The maximum absolute atomic E-state index is 13.0. The average Bonchev–Trinajstić information content (AvgIpc) is 2.14. The van der Waals surface area contributed by atoms with E-state index in [1.165, 1.54) is 19.2 Å². The predicted molar refractivity (Wildman–Crippen MR) is 52.6 cm³/mol. The number of benzene rings is 1. The van der Waals surface area contributed by atoms with E-state index >= 15 is 0 Å². The van der Waals surface area contributed by atoms with Crippen molar-refractivity contribution >= 4 is 0 Å². The van der Waals surface area contributed by atoms with E-state index in [2.05, 4.69) is 0 Å². The summed E-state index contributed by atoms with van der Waals surface area (Å²) in [5.74, 6) is -0.331. The summed E-state index contributed by atoms with van der Waals surface area (Å²) >= 11 is 0. The molecule has 1 rings (SSSR count). The van der Waals surface area contributed by atoms with Crippen LogP contribution in [0.3, 0.4) is 0 Å². The van der Waals surface area contributed by atoms with Gasteiger partial charge in [0.2, 0.25) is 0 Å². The molecule has 3 heteroatoms. The second-order valence-corrected chi connectivity index (χ2v) is 3.45. The zero-order valence-corrected chi connectivity index (χ0v) is 8.62. The lowest BCUT2D eigenvalue weighted by molar-refractivity contribution is -0.00158. The summed E-state index contributed by atoms with van der Waals surface area (Å²) in [4.78, 5) is 0. The Morgan fingerprint density at radius 1 is 1.36 bits per heavy atom. The largest absolute Gasteiger partial charge is 0.386 e. The zero-order chi connectivity index (χ0) is 10.7. The number of aliphatic hydroxyl groups is 1. The summed E-state index contributed by atoms with van der Waals surface area (Å²) < 4.78 is 18.0. The molecule has 0 aliphatic rings. The third-order valence-corrected chi connectivity index (χ3v) is 2.22. The summed E-state index contributed by atoms with van der Waals surface area (Å²) in [5, 5.41) is 9.75. The van der Waals surface area contributed by atoms with E-state index in [-0.39, 0.29) is 11.9 Å². The lowest BCUT2D eigenvalue weighted by Gasteiger charge is -2.18. The Balaban J connectivity index is 2.94. The van der Waals surface area contributed by atoms with Crippen LogP contribution in [0.25, 0.3) is 0 Å².